The van der Waals surface area contributed by atoms with Gasteiger partial charge >= 0.3 is 0 Å². The average Bonchev–Trinajstić information content (AvgIpc) is 3.36. The highest BCUT2D eigenvalue weighted by Crippen LogP contribution is 2.36. The zero-order valence-corrected chi connectivity index (χ0v) is 21.6. The quantitative estimate of drug-likeness (QED) is 0.227. The molecule has 0 spiro atoms. The first-order valence-electron chi connectivity index (χ1n) is 10.4. The van der Waals surface area contributed by atoms with Gasteiger partial charge in [-0.1, -0.05) is 29.4 Å². The predicted octanol–water partition coefficient (Wildman–Crippen LogP) is 6.39. The molecule has 1 aliphatic carbocycles. The number of rotatable bonds is 5. The van der Waals surface area contributed by atoms with Gasteiger partial charge in [-0.2, -0.15) is 0 Å². The maximum Gasteiger partial charge on any atom is 0.267 e. The van der Waals surface area contributed by atoms with Gasteiger partial charge < -0.3 is 5.32 Å². The maximum absolute atomic E-state index is 13.6. The van der Waals surface area contributed by atoms with Gasteiger partial charge in [0, 0.05) is 14.4 Å². The predicted molar refractivity (Wildman–Crippen MR) is 140 cm³/mol. The Morgan fingerprint density at radius 2 is 2.03 bits per heavy atom. The molecule has 2 heterocycles. The SMILES string of the molecule is Cc1ccc(NC(=O)CSc2nc3sc4c(c3c(=O)n2-c2ccc(Cl)cc2)CCC4)c(Br)c1. The monoisotopic (exact) mass is 559 g/mol. The standard InChI is InChI=1S/C24H19BrClN3O2S2/c1-13-5-10-18(17(25)11-13)27-20(30)12-32-24-28-22-21(16-3-2-4-19(16)33-22)23(31)29(24)15-8-6-14(26)7-9-15/h5-11H,2-4,12H2,1H3,(H,27,30). The van der Waals surface area contributed by atoms with Crippen LogP contribution < -0.4 is 10.9 Å². The largest absolute Gasteiger partial charge is 0.324 e. The second kappa shape index (κ2) is 9.25. The molecule has 0 aliphatic heterocycles. The molecule has 2 aromatic heterocycles. The van der Waals surface area contributed by atoms with Gasteiger partial charge in [0.2, 0.25) is 5.91 Å². The molecule has 2 aromatic carbocycles. The molecule has 1 amide bonds. The third kappa shape index (κ3) is 4.49. The first kappa shape index (κ1) is 22.7. The molecule has 9 heteroatoms. The highest BCUT2D eigenvalue weighted by molar-refractivity contribution is 9.10. The minimum absolute atomic E-state index is 0.0918. The van der Waals surface area contributed by atoms with Gasteiger partial charge in [-0.25, -0.2) is 4.98 Å². The summed E-state index contributed by atoms with van der Waals surface area (Å²) in [4.78, 5) is 33.2. The Bertz CT molecular complexity index is 1450. The number of aryl methyl sites for hydroxylation is 3. The third-order valence-electron chi connectivity index (χ3n) is 5.52. The summed E-state index contributed by atoms with van der Waals surface area (Å²) in [5.74, 6) is -0.0491. The van der Waals surface area contributed by atoms with Gasteiger partial charge in [-0.15, -0.1) is 11.3 Å². The number of carbonyl (C=O) groups excluding carboxylic acids is 1. The van der Waals surface area contributed by atoms with Crippen molar-refractivity contribution in [1.29, 1.82) is 0 Å². The molecule has 0 bridgehead atoms. The molecule has 0 saturated heterocycles. The third-order valence-corrected chi connectivity index (χ3v) is 8.56. The van der Waals surface area contributed by atoms with Gasteiger partial charge in [-0.3, -0.25) is 14.2 Å². The molecule has 4 aromatic rings. The Kier molecular flexibility index (Phi) is 6.35. The number of amides is 1. The van der Waals surface area contributed by atoms with Crippen LogP contribution in [-0.2, 0) is 17.6 Å². The van der Waals surface area contributed by atoms with E-state index in [4.69, 9.17) is 16.6 Å². The Morgan fingerprint density at radius 3 is 2.79 bits per heavy atom. The molecule has 33 heavy (non-hydrogen) atoms. The number of anilines is 1. The summed E-state index contributed by atoms with van der Waals surface area (Å²) in [5.41, 5.74) is 3.53. The number of aromatic nitrogens is 2. The lowest BCUT2D eigenvalue weighted by molar-refractivity contribution is -0.113. The first-order chi connectivity index (χ1) is 15.9. The van der Waals surface area contributed by atoms with Crippen LogP contribution in [0.5, 0.6) is 0 Å². The molecular weight excluding hydrogens is 542 g/mol. The Balaban J connectivity index is 1.50. The minimum Gasteiger partial charge on any atom is -0.324 e. The maximum atomic E-state index is 13.6. The van der Waals surface area contributed by atoms with Crippen LogP contribution in [0.15, 0.2) is 56.9 Å². The second-order valence-corrected chi connectivity index (χ2v) is 11.2. The molecule has 0 unspecified atom stereocenters. The number of thiophene rings is 1. The van der Waals surface area contributed by atoms with Gasteiger partial charge in [0.15, 0.2) is 5.16 Å². The fraction of sp³-hybridized carbons (Fsp3) is 0.208. The number of thioether (sulfide) groups is 1. The van der Waals surface area contributed by atoms with E-state index in [1.54, 1.807) is 40.2 Å². The van der Waals surface area contributed by atoms with E-state index >= 15 is 0 Å². The van der Waals surface area contributed by atoms with Crippen molar-refractivity contribution in [3.8, 4) is 5.69 Å². The van der Waals surface area contributed by atoms with Crippen molar-refractivity contribution < 1.29 is 4.79 Å². The number of hydrogen-bond donors (Lipinski definition) is 1. The minimum atomic E-state index is -0.171. The van der Waals surface area contributed by atoms with Crippen LogP contribution in [-0.4, -0.2) is 21.2 Å². The number of carbonyl (C=O) groups is 1. The Labute approximate surface area is 212 Å². The van der Waals surface area contributed by atoms with Crippen molar-refractivity contribution in [3.63, 3.8) is 0 Å². The number of halogens is 2. The first-order valence-corrected chi connectivity index (χ1v) is 13.4. The van der Waals surface area contributed by atoms with Gasteiger partial charge in [0.05, 0.1) is 22.5 Å². The summed E-state index contributed by atoms with van der Waals surface area (Å²) in [6.45, 7) is 1.99. The fourth-order valence-corrected chi connectivity index (χ4v) is 6.81. The lowest BCUT2D eigenvalue weighted by atomic mass is 10.2. The smallest absolute Gasteiger partial charge is 0.267 e. The molecule has 0 saturated carbocycles. The molecule has 168 valence electrons. The van der Waals surface area contributed by atoms with Crippen molar-refractivity contribution in [2.24, 2.45) is 0 Å². The van der Waals surface area contributed by atoms with E-state index in [-0.39, 0.29) is 17.2 Å². The molecule has 5 rings (SSSR count). The highest BCUT2D eigenvalue weighted by atomic mass is 79.9. The average molecular weight is 561 g/mol. The van der Waals surface area contributed by atoms with E-state index in [0.717, 1.165) is 39.7 Å². The van der Waals surface area contributed by atoms with Gasteiger partial charge in [-0.05, 0) is 89.6 Å². The van der Waals surface area contributed by atoms with Crippen LogP contribution in [0.3, 0.4) is 0 Å². The molecule has 5 nitrogen and oxygen atoms in total. The van der Waals surface area contributed by atoms with Crippen LogP contribution in [0.25, 0.3) is 15.9 Å². The van der Waals surface area contributed by atoms with Crippen molar-refractivity contribution >= 4 is 72.4 Å². The van der Waals surface area contributed by atoms with Crippen LogP contribution in [0.2, 0.25) is 5.02 Å². The van der Waals surface area contributed by atoms with E-state index in [1.807, 2.05) is 25.1 Å². The summed E-state index contributed by atoms with van der Waals surface area (Å²) >= 11 is 12.4. The van der Waals surface area contributed by atoms with Crippen molar-refractivity contribution in [1.82, 2.24) is 9.55 Å². The normalized spacial score (nSPS) is 12.8. The summed E-state index contributed by atoms with van der Waals surface area (Å²) < 4.78 is 2.43. The lowest BCUT2D eigenvalue weighted by Crippen LogP contribution is -2.23. The van der Waals surface area contributed by atoms with Crippen LogP contribution in [0.1, 0.15) is 22.4 Å². The van der Waals surface area contributed by atoms with Crippen molar-refractivity contribution in [3.05, 3.63) is 78.3 Å². The van der Waals surface area contributed by atoms with Crippen LogP contribution >= 0.6 is 50.6 Å². The Morgan fingerprint density at radius 1 is 1.24 bits per heavy atom. The number of fused-ring (bicyclic) bond motifs is 3. The Hall–Kier alpha value is -2.13. The topological polar surface area (TPSA) is 64.0 Å². The molecule has 0 fully saturated rings. The van der Waals surface area contributed by atoms with Crippen LogP contribution in [0, 0.1) is 6.92 Å². The van der Waals surface area contributed by atoms with E-state index in [2.05, 4.69) is 21.2 Å². The molecular formula is C24H19BrClN3O2S2. The summed E-state index contributed by atoms with van der Waals surface area (Å²) in [6.07, 6.45) is 2.98. The lowest BCUT2D eigenvalue weighted by Gasteiger charge is -2.13. The number of hydrogen-bond acceptors (Lipinski definition) is 5. The number of nitrogens with one attached hydrogen (secondary N) is 1. The van der Waals surface area contributed by atoms with E-state index in [9.17, 15) is 9.59 Å². The zero-order valence-electron chi connectivity index (χ0n) is 17.7. The highest BCUT2D eigenvalue weighted by Gasteiger charge is 2.24. The van der Waals surface area contributed by atoms with E-state index in [0.29, 0.717) is 26.9 Å². The van der Waals surface area contributed by atoms with E-state index < -0.39 is 0 Å². The van der Waals surface area contributed by atoms with E-state index in [1.165, 1.54) is 16.6 Å². The zero-order chi connectivity index (χ0) is 23.1. The number of benzene rings is 2. The fourth-order valence-electron chi connectivity index (χ4n) is 3.98. The summed E-state index contributed by atoms with van der Waals surface area (Å²) in [6, 6.07) is 12.9. The second-order valence-electron chi connectivity index (χ2n) is 7.87. The van der Waals surface area contributed by atoms with Crippen LogP contribution in [0.4, 0.5) is 5.69 Å². The van der Waals surface area contributed by atoms with Gasteiger partial charge in [0.1, 0.15) is 4.83 Å². The summed E-state index contributed by atoms with van der Waals surface area (Å²) in [5, 5.41) is 4.71. The van der Waals surface area contributed by atoms with Crippen molar-refractivity contribution in [2.45, 2.75) is 31.3 Å². The summed E-state index contributed by atoms with van der Waals surface area (Å²) in [7, 11) is 0. The molecule has 1 aliphatic rings. The number of nitrogens with zero attached hydrogens (tertiary/aromatic N) is 2. The molecule has 1 N–H and O–H groups in total. The molecule has 0 radical (unpaired) electrons. The van der Waals surface area contributed by atoms with Gasteiger partial charge in [0.25, 0.3) is 5.56 Å². The van der Waals surface area contributed by atoms with Crippen molar-refractivity contribution in [2.75, 3.05) is 11.1 Å². The molecule has 0 atom stereocenters.